The molecule has 2 aromatic heterocycles. The van der Waals surface area contributed by atoms with Gasteiger partial charge in [0.05, 0.1) is 0 Å². The second-order valence-electron chi connectivity index (χ2n) is 5.24. The Labute approximate surface area is 139 Å². The summed E-state index contributed by atoms with van der Waals surface area (Å²) in [6.45, 7) is 3.88. The summed E-state index contributed by atoms with van der Waals surface area (Å²) in [5.41, 5.74) is 2.19. The SMILES string of the molecule is CCc1ccc(NC(=O)c2cc(Nc3cc(C)on3)ncn2)cc1. The van der Waals surface area contributed by atoms with Gasteiger partial charge in [0.15, 0.2) is 5.82 Å². The third kappa shape index (κ3) is 3.75. The van der Waals surface area contributed by atoms with Crippen molar-refractivity contribution < 1.29 is 9.32 Å². The zero-order valence-electron chi connectivity index (χ0n) is 13.4. The molecule has 2 heterocycles. The maximum atomic E-state index is 12.3. The van der Waals surface area contributed by atoms with Crippen molar-refractivity contribution in [3.63, 3.8) is 0 Å². The lowest BCUT2D eigenvalue weighted by Gasteiger charge is -2.07. The number of anilines is 3. The predicted octanol–water partition coefficient (Wildman–Crippen LogP) is 3.33. The van der Waals surface area contributed by atoms with Crippen LogP contribution in [-0.2, 0) is 6.42 Å². The fraction of sp³-hybridized carbons (Fsp3) is 0.176. The molecule has 0 atom stereocenters. The minimum absolute atomic E-state index is 0.257. The number of hydrogen-bond acceptors (Lipinski definition) is 6. The minimum Gasteiger partial charge on any atom is -0.360 e. The molecule has 0 fully saturated rings. The molecule has 3 rings (SSSR count). The standard InChI is InChI=1S/C17H17N5O2/c1-3-12-4-6-13(7-5-12)20-17(23)14-9-15(19-10-18-14)21-16-8-11(2)24-22-16/h4-10H,3H2,1-2H3,(H,20,23)(H,18,19,21,22). The fourth-order valence-electron chi connectivity index (χ4n) is 2.13. The highest BCUT2D eigenvalue weighted by Gasteiger charge is 2.10. The fourth-order valence-corrected chi connectivity index (χ4v) is 2.13. The van der Waals surface area contributed by atoms with Gasteiger partial charge in [-0.05, 0) is 31.0 Å². The quantitative estimate of drug-likeness (QED) is 0.748. The third-order valence-corrected chi connectivity index (χ3v) is 3.40. The van der Waals surface area contributed by atoms with Crippen molar-refractivity contribution in [3.8, 4) is 0 Å². The van der Waals surface area contributed by atoms with Crippen LogP contribution in [-0.4, -0.2) is 21.0 Å². The zero-order chi connectivity index (χ0) is 16.9. The van der Waals surface area contributed by atoms with Crippen LogP contribution in [0.2, 0.25) is 0 Å². The average molecular weight is 323 g/mol. The van der Waals surface area contributed by atoms with E-state index in [1.54, 1.807) is 19.1 Å². The first-order valence-electron chi connectivity index (χ1n) is 7.56. The Morgan fingerprint density at radius 2 is 1.92 bits per heavy atom. The van der Waals surface area contributed by atoms with Crippen molar-refractivity contribution in [2.45, 2.75) is 20.3 Å². The lowest BCUT2D eigenvalue weighted by Crippen LogP contribution is -2.14. The Kier molecular flexibility index (Phi) is 4.51. The molecule has 0 aliphatic carbocycles. The highest BCUT2D eigenvalue weighted by Crippen LogP contribution is 2.15. The summed E-state index contributed by atoms with van der Waals surface area (Å²) in [7, 11) is 0. The topological polar surface area (TPSA) is 92.9 Å². The number of amides is 1. The number of carbonyl (C=O) groups excluding carboxylic acids is 1. The van der Waals surface area contributed by atoms with Crippen LogP contribution in [0.1, 0.15) is 28.7 Å². The number of benzene rings is 1. The first-order valence-corrected chi connectivity index (χ1v) is 7.56. The number of aromatic nitrogens is 3. The van der Waals surface area contributed by atoms with Crippen LogP contribution >= 0.6 is 0 Å². The van der Waals surface area contributed by atoms with Crippen molar-refractivity contribution in [2.75, 3.05) is 10.6 Å². The van der Waals surface area contributed by atoms with E-state index in [2.05, 4.69) is 32.7 Å². The van der Waals surface area contributed by atoms with Crippen LogP contribution in [0.4, 0.5) is 17.3 Å². The molecule has 0 unspecified atom stereocenters. The van der Waals surface area contributed by atoms with Gasteiger partial charge in [-0.25, -0.2) is 9.97 Å². The van der Waals surface area contributed by atoms with E-state index in [1.165, 1.54) is 11.9 Å². The van der Waals surface area contributed by atoms with Crippen molar-refractivity contribution >= 4 is 23.2 Å². The molecule has 0 spiro atoms. The van der Waals surface area contributed by atoms with Crippen LogP contribution in [0, 0.1) is 6.92 Å². The lowest BCUT2D eigenvalue weighted by atomic mass is 10.1. The third-order valence-electron chi connectivity index (χ3n) is 3.40. The largest absolute Gasteiger partial charge is 0.360 e. The summed E-state index contributed by atoms with van der Waals surface area (Å²) in [6.07, 6.45) is 2.28. The van der Waals surface area contributed by atoms with E-state index in [9.17, 15) is 4.79 Å². The molecule has 7 heteroatoms. The molecule has 122 valence electrons. The van der Waals surface area contributed by atoms with Gasteiger partial charge in [-0.2, -0.15) is 0 Å². The molecule has 24 heavy (non-hydrogen) atoms. The Bertz CT molecular complexity index is 842. The van der Waals surface area contributed by atoms with Gasteiger partial charge >= 0.3 is 0 Å². The van der Waals surface area contributed by atoms with E-state index >= 15 is 0 Å². The Hall–Kier alpha value is -3.22. The summed E-state index contributed by atoms with van der Waals surface area (Å²) < 4.78 is 4.98. The second-order valence-corrected chi connectivity index (χ2v) is 5.24. The summed E-state index contributed by atoms with van der Waals surface area (Å²) in [5, 5.41) is 9.60. The Morgan fingerprint density at radius 1 is 1.12 bits per heavy atom. The zero-order valence-corrected chi connectivity index (χ0v) is 13.4. The molecule has 7 nitrogen and oxygen atoms in total. The van der Waals surface area contributed by atoms with Gasteiger partial charge in [-0.3, -0.25) is 4.79 Å². The van der Waals surface area contributed by atoms with Crippen molar-refractivity contribution in [2.24, 2.45) is 0 Å². The lowest BCUT2D eigenvalue weighted by molar-refractivity contribution is 0.102. The average Bonchev–Trinajstić information content (AvgIpc) is 3.00. The maximum Gasteiger partial charge on any atom is 0.274 e. The Morgan fingerprint density at radius 3 is 2.58 bits per heavy atom. The number of hydrogen-bond donors (Lipinski definition) is 2. The highest BCUT2D eigenvalue weighted by molar-refractivity contribution is 6.03. The minimum atomic E-state index is -0.305. The first kappa shape index (κ1) is 15.7. The molecule has 1 amide bonds. The molecule has 1 aromatic carbocycles. The summed E-state index contributed by atoms with van der Waals surface area (Å²) in [5.74, 6) is 1.36. The number of carbonyl (C=O) groups is 1. The molecule has 0 bridgehead atoms. The molecule has 0 aliphatic rings. The van der Waals surface area contributed by atoms with E-state index in [4.69, 9.17) is 4.52 Å². The number of nitrogens with zero attached hydrogens (tertiary/aromatic N) is 3. The van der Waals surface area contributed by atoms with Crippen LogP contribution in [0.3, 0.4) is 0 Å². The molecule has 0 radical (unpaired) electrons. The normalized spacial score (nSPS) is 10.4. The monoisotopic (exact) mass is 323 g/mol. The van der Waals surface area contributed by atoms with Gasteiger partial charge in [0.25, 0.3) is 5.91 Å². The molecule has 0 saturated heterocycles. The van der Waals surface area contributed by atoms with E-state index in [0.29, 0.717) is 17.4 Å². The smallest absolute Gasteiger partial charge is 0.274 e. The highest BCUT2D eigenvalue weighted by atomic mass is 16.5. The van der Waals surface area contributed by atoms with Crippen LogP contribution in [0.15, 0.2) is 47.2 Å². The van der Waals surface area contributed by atoms with Gasteiger partial charge in [0, 0.05) is 17.8 Å². The van der Waals surface area contributed by atoms with Crippen molar-refractivity contribution in [3.05, 3.63) is 59.7 Å². The second kappa shape index (κ2) is 6.91. The first-order chi connectivity index (χ1) is 11.6. The summed E-state index contributed by atoms with van der Waals surface area (Å²) >= 11 is 0. The van der Waals surface area contributed by atoms with Gasteiger partial charge in [0.2, 0.25) is 0 Å². The van der Waals surface area contributed by atoms with Gasteiger partial charge in [0.1, 0.15) is 23.6 Å². The van der Waals surface area contributed by atoms with Crippen LogP contribution < -0.4 is 10.6 Å². The molecular formula is C17H17N5O2. The van der Waals surface area contributed by atoms with Crippen molar-refractivity contribution in [1.29, 1.82) is 0 Å². The number of nitrogens with one attached hydrogen (secondary N) is 2. The van der Waals surface area contributed by atoms with Crippen LogP contribution in [0.25, 0.3) is 0 Å². The molecule has 2 N–H and O–H groups in total. The molecule has 0 saturated carbocycles. The molecular weight excluding hydrogens is 306 g/mol. The van der Waals surface area contributed by atoms with Crippen LogP contribution in [0.5, 0.6) is 0 Å². The van der Waals surface area contributed by atoms with Gasteiger partial charge < -0.3 is 15.2 Å². The van der Waals surface area contributed by atoms with E-state index in [-0.39, 0.29) is 11.6 Å². The van der Waals surface area contributed by atoms with Crippen molar-refractivity contribution in [1.82, 2.24) is 15.1 Å². The Balaban J connectivity index is 1.71. The summed E-state index contributed by atoms with van der Waals surface area (Å²) in [4.78, 5) is 20.4. The number of aryl methyl sites for hydroxylation is 2. The molecule has 0 aliphatic heterocycles. The predicted molar refractivity (Wildman–Crippen MR) is 90.3 cm³/mol. The van der Waals surface area contributed by atoms with Gasteiger partial charge in [-0.15, -0.1) is 0 Å². The van der Waals surface area contributed by atoms with E-state index < -0.39 is 0 Å². The van der Waals surface area contributed by atoms with E-state index in [0.717, 1.165) is 12.1 Å². The number of rotatable bonds is 5. The molecule has 3 aromatic rings. The summed E-state index contributed by atoms with van der Waals surface area (Å²) in [6, 6.07) is 11.0. The maximum absolute atomic E-state index is 12.3. The van der Waals surface area contributed by atoms with Gasteiger partial charge in [-0.1, -0.05) is 24.2 Å². The van der Waals surface area contributed by atoms with E-state index in [1.807, 2.05) is 24.3 Å².